The van der Waals surface area contributed by atoms with Gasteiger partial charge in [-0.3, -0.25) is 9.69 Å². The van der Waals surface area contributed by atoms with Gasteiger partial charge >= 0.3 is 0 Å². The van der Waals surface area contributed by atoms with Crippen LogP contribution in [0.15, 0.2) is 18.2 Å². The van der Waals surface area contributed by atoms with Gasteiger partial charge < -0.3 is 10.2 Å². The molecule has 0 radical (unpaired) electrons. The number of hydrogen-bond acceptors (Lipinski definition) is 3. The number of likely N-dealkylation sites (N-methyl/N-ethyl adjacent to an activating group) is 2. The standard InChI is InChI=1S/C16H25N3O.ClH/c1-4-19(5-2)15(20)12-18(3)11-14-8-6-7-13-9-10-17-16(13)14;/h6-8,17H,4-5,9-12H2,1-3H3;1H. The third-order valence-corrected chi connectivity index (χ3v) is 3.89. The Morgan fingerprint density at radius 2 is 2.00 bits per heavy atom. The van der Waals surface area contributed by atoms with Crippen LogP contribution in [0.3, 0.4) is 0 Å². The molecule has 0 aromatic heterocycles. The first-order chi connectivity index (χ1) is 9.65. The van der Waals surface area contributed by atoms with Crippen LogP contribution in [0.25, 0.3) is 0 Å². The van der Waals surface area contributed by atoms with E-state index < -0.39 is 0 Å². The van der Waals surface area contributed by atoms with Gasteiger partial charge in [-0.25, -0.2) is 0 Å². The van der Waals surface area contributed by atoms with Gasteiger partial charge in [0.05, 0.1) is 6.54 Å². The first kappa shape index (κ1) is 17.8. The van der Waals surface area contributed by atoms with E-state index in [0.29, 0.717) is 6.54 Å². The Balaban J connectivity index is 0.00000220. The van der Waals surface area contributed by atoms with Crippen molar-refractivity contribution in [1.82, 2.24) is 9.80 Å². The second-order valence-electron chi connectivity index (χ2n) is 5.37. The third-order valence-electron chi connectivity index (χ3n) is 3.89. The van der Waals surface area contributed by atoms with Gasteiger partial charge in [0, 0.05) is 31.9 Å². The molecule has 1 aliphatic heterocycles. The highest BCUT2D eigenvalue weighted by molar-refractivity contribution is 5.85. The molecule has 21 heavy (non-hydrogen) atoms. The van der Waals surface area contributed by atoms with E-state index in [0.717, 1.165) is 32.6 Å². The summed E-state index contributed by atoms with van der Waals surface area (Å²) in [4.78, 5) is 16.1. The Bertz CT molecular complexity index is 475. The fraction of sp³-hybridized carbons (Fsp3) is 0.562. The molecule has 5 heteroatoms. The van der Waals surface area contributed by atoms with Gasteiger partial charge in [0.25, 0.3) is 0 Å². The molecule has 1 aromatic rings. The van der Waals surface area contributed by atoms with E-state index in [1.54, 1.807) is 0 Å². The lowest BCUT2D eigenvalue weighted by atomic mass is 10.1. The molecule has 2 rings (SSSR count). The minimum absolute atomic E-state index is 0. The van der Waals surface area contributed by atoms with Crippen LogP contribution >= 0.6 is 12.4 Å². The third kappa shape index (κ3) is 4.35. The van der Waals surface area contributed by atoms with E-state index in [4.69, 9.17) is 0 Å². The maximum Gasteiger partial charge on any atom is 0.236 e. The zero-order chi connectivity index (χ0) is 14.5. The molecule has 0 fully saturated rings. The number of benzene rings is 1. The molecule has 1 amide bonds. The number of fused-ring (bicyclic) bond motifs is 1. The number of rotatable bonds is 6. The molecule has 0 aliphatic carbocycles. The number of nitrogens with zero attached hydrogens (tertiary/aromatic N) is 2. The lowest BCUT2D eigenvalue weighted by Gasteiger charge is -2.23. The van der Waals surface area contributed by atoms with Crippen LogP contribution in [0.5, 0.6) is 0 Å². The molecule has 0 atom stereocenters. The molecular formula is C16H26ClN3O. The number of hydrogen-bond donors (Lipinski definition) is 1. The predicted octanol–water partition coefficient (Wildman–Crippen LogP) is 2.38. The number of para-hydroxylation sites is 1. The Morgan fingerprint density at radius 1 is 1.29 bits per heavy atom. The lowest BCUT2D eigenvalue weighted by molar-refractivity contribution is -0.131. The molecule has 0 saturated carbocycles. The van der Waals surface area contributed by atoms with Crippen molar-refractivity contribution < 1.29 is 4.79 Å². The molecular weight excluding hydrogens is 286 g/mol. The number of anilines is 1. The number of nitrogens with one attached hydrogen (secondary N) is 1. The van der Waals surface area contributed by atoms with E-state index in [1.807, 2.05) is 25.8 Å². The first-order valence-corrected chi connectivity index (χ1v) is 7.46. The van der Waals surface area contributed by atoms with Crippen molar-refractivity contribution in [3.05, 3.63) is 29.3 Å². The van der Waals surface area contributed by atoms with Crippen LogP contribution in [0.1, 0.15) is 25.0 Å². The molecule has 1 aliphatic rings. The second-order valence-corrected chi connectivity index (χ2v) is 5.37. The Labute approximate surface area is 133 Å². The fourth-order valence-corrected chi connectivity index (χ4v) is 2.80. The van der Waals surface area contributed by atoms with Gasteiger partial charge in [-0.2, -0.15) is 0 Å². The maximum atomic E-state index is 12.1. The zero-order valence-electron chi connectivity index (χ0n) is 13.2. The summed E-state index contributed by atoms with van der Waals surface area (Å²) < 4.78 is 0. The number of carbonyl (C=O) groups is 1. The smallest absolute Gasteiger partial charge is 0.236 e. The summed E-state index contributed by atoms with van der Waals surface area (Å²) in [6, 6.07) is 6.44. The van der Waals surface area contributed by atoms with Gasteiger partial charge in [0.15, 0.2) is 0 Å². The van der Waals surface area contributed by atoms with Crippen molar-refractivity contribution in [3.8, 4) is 0 Å². The molecule has 0 saturated heterocycles. The normalized spacial score (nSPS) is 12.6. The van der Waals surface area contributed by atoms with Crippen molar-refractivity contribution in [3.63, 3.8) is 0 Å². The topological polar surface area (TPSA) is 35.6 Å². The second kappa shape index (κ2) is 8.25. The van der Waals surface area contributed by atoms with Gasteiger partial charge in [-0.05, 0) is 38.4 Å². The average molecular weight is 312 g/mol. The molecule has 4 nitrogen and oxygen atoms in total. The lowest BCUT2D eigenvalue weighted by Crippen LogP contribution is -2.38. The largest absolute Gasteiger partial charge is 0.384 e. The van der Waals surface area contributed by atoms with Crippen LogP contribution in [0, 0.1) is 0 Å². The quantitative estimate of drug-likeness (QED) is 0.876. The SMILES string of the molecule is CCN(CC)C(=O)CN(C)Cc1cccc2c1NCC2.Cl. The van der Waals surface area contributed by atoms with E-state index in [-0.39, 0.29) is 18.3 Å². The zero-order valence-corrected chi connectivity index (χ0v) is 14.0. The van der Waals surface area contributed by atoms with Gasteiger partial charge in [-0.1, -0.05) is 18.2 Å². The van der Waals surface area contributed by atoms with Crippen molar-refractivity contribution in [2.75, 3.05) is 38.5 Å². The van der Waals surface area contributed by atoms with Crippen molar-refractivity contribution in [1.29, 1.82) is 0 Å². The molecule has 1 heterocycles. The summed E-state index contributed by atoms with van der Waals surface area (Å²) in [5, 5.41) is 3.45. The van der Waals surface area contributed by atoms with Gasteiger partial charge in [0.2, 0.25) is 5.91 Å². The summed E-state index contributed by atoms with van der Waals surface area (Å²) in [5.74, 6) is 0.207. The van der Waals surface area contributed by atoms with Gasteiger partial charge in [-0.15, -0.1) is 12.4 Å². The molecule has 0 bridgehead atoms. The van der Waals surface area contributed by atoms with Crippen LogP contribution in [0.2, 0.25) is 0 Å². The summed E-state index contributed by atoms with van der Waals surface area (Å²) in [6.45, 7) is 7.92. The summed E-state index contributed by atoms with van der Waals surface area (Å²) in [6.07, 6.45) is 1.10. The fourth-order valence-electron chi connectivity index (χ4n) is 2.80. The number of carbonyl (C=O) groups excluding carboxylic acids is 1. The van der Waals surface area contributed by atoms with Crippen molar-refractivity contribution in [2.24, 2.45) is 0 Å². The number of halogens is 1. The van der Waals surface area contributed by atoms with Crippen LogP contribution < -0.4 is 5.32 Å². The van der Waals surface area contributed by atoms with E-state index >= 15 is 0 Å². The highest BCUT2D eigenvalue weighted by atomic mass is 35.5. The van der Waals surface area contributed by atoms with Crippen LogP contribution in [-0.2, 0) is 17.8 Å². The highest BCUT2D eigenvalue weighted by Crippen LogP contribution is 2.27. The first-order valence-electron chi connectivity index (χ1n) is 7.46. The minimum Gasteiger partial charge on any atom is -0.384 e. The van der Waals surface area contributed by atoms with Crippen molar-refractivity contribution in [2.45, 2.75) is 26.8 Å². The molecule has 0 spiro atoms. The molecule has 1 N–H and O–H groups in total. The van der Waals surface area contributed by atoms with Crippen LogP contribution in [0.4, 0.5) is 5.69 Å². The molecule has 1 aromatic carbocycles. The Morgan fingerprint density at radius 3 is 2.67 bits per heavy atom. The highest BCUT2D eigenvalue weighted by Gasteiger charge is 2.17. The molecule has 0 unspecified atom stereocenters. The van der Waals surface area contributed by atoms with E-state index in [2.05, 4.69) is 28.4 Å². The Hall–Kier alpha value is -1.26. The maximum absolute atomic E-state index is 12.1. The van der Waals surface area contributed by atoms with E-state index in [1.165, 1.54) is 16.8 Å². The molecule has 118 valence electrons. The van der Waals surface area contributed by atoms with Crippen LogP contribution in [-0.4, -0.2) is 48.9 Å². The van der Waals surface area contributed by atoms with Gasteiger partial charge in [0.1, 0.15) is 0 Å². The minimum atomic E-state index is 0. The summed E-state index contributed by atoms with van der Waals surface area (Å²) in [7, 11) is 2.01. The average Bonchev–Trinajstić information content (AvgIpc) is 2.89. The summed E-state index contributed by atoms with van der Waals surface area (Å²) >= 11 is 0. The monoisotopic (exact) mass is 311 g/mol. The summed E-state index contributed by atoms with van der Waals surface area (Å²) in [5.41, 5.74) is 3.95. The van der Waals surface area contributed by atoms with E-state index in [9.17, 15) is 4.79 Å². The number of amides is 1. The van der Waals surface area contributed by atoms with Crippen molar-refractivity contribution >= 4 is 24.0 Å². The Kier molecular flexibility index (Phi) is 6.99. The predicted molar refractivity (Wildman–Crippen MR) is 90.1 cm³/mol.